The minimum Gasteiger partial charge on any atom is -0.369 e. The summed E-state index contributed by atoms with van der Waals surface area (Å²) in [6.07, 6.45) is -4.64. The second-order valence-electron chi connectivity index (χ2n) is 6.90. The van der Waals surface area contributed by atoms with Crippen molar-refractivity contribution in [2.45, 2.75) is 19.0 Å². The lowest BCUT2D eigenvalue weighted by molar-refractivity contribution is -0.138. The van der Waals surface area contributed by atoms with Gasteiger partial charge in [0.1, 0.15) is 5.92 Å². The van der Waals surface area contributed by atoms with E-state index in [4.69, 9.17) is 17.6 Å². The van der Waals surface area contributed by atoms with E-state index in [0.29, 0.717) is 11.1 Å². The summed E-state index contributed by atoms with van der Waals surface area (Å²) in [7, 11) is 0. The van der Waals surface area contributed by atoms with E-state index in [-0.39, 0.29) is 17.1 Å². The molecule has 0 aliphatic carbocycles. The van der Waals surface area contributed by atoms with Gasteiger partial charge in [-0.3, -0.25) is 14.5 Å². The van der Waals surface area contributed by atoms with Gasteiger partial charge in [-0.2, -0.15) is 18.4 Å². The minimum absolute atomic E-state index is 0.00511. The smallest absolute Gasteiger partial charge is 0.369 e. The molecule has 2 unspecified atom stereocenters. The molecule has 6 nitrogen and oxygen atoms in total. The van der Waals surface area contributed by atoms with Gasteiger partial charge in [-0.15, -0.1) is 0 Å². The van der Waals surface area contributed by atoms with Crippen molar-refractivity contribution in [3.63, 3.8) is 0 Å². The number of nitrogens with two attached hydrogens (primary N) is 1. The fourth-order valence-corrected chi connectivity index (χ4v) is 3.64. The Morgan fingerprint density at radius 1 is 1.23 bits per heavy atom. The van der Waals surface area contributed by atoms with Gasteiger partial charge in [0.2, 0.25) is 11.8 Å². The van der Waals surface area contributed by atoms with Crippen LogP contribution in [0.15, 0.2) is 59.9 Å². The van der Waals surface area contributed by atoms with Crippen LogP contribution in [0.5, 0.6) is 0 Å². The van der Waals surface area contributed by atoms with Crippen molar-refractivity contribution in [2.75, 3.05) is 4.90 Å². The first-order valence-corrected chi connectivity index (χ1v) is 8.99. The van der Waals surface area contributed by atoms with Gasteiger partial charge in [-0.05, 0) is 42.8 Å². The molecule has 156 valence electrons. The van der Waals surface area contributed by atoms with Crippen LogP contribution in [-0.4, -0.2) is 11.8 Å². The molecule has 1 aliphatic heterocycles. The first-order valence-electron chi connectivity index (χ1n) is 8.99. The highest BCUT2D eigenvalue weighted by atomic mass is 19.4. The summed E-state index contributed by atoms with van der Waals surface area (Å²) in [4.78, 5) is 29.9. The summed E-state index contributed by atoms with van der Waals surface area (Å²) in [5, 5.41) is 8.98. The monoisotopic (exact) mass is 424 g/mol. The molecule has 0 bridgehead atoms. The number of benzene rings is 2. The molecule has 3 rings (SSSR count). The third-order valence-electron chi connectivity index (χ3n) is 5.08. The maximum absolute atomic E-state index is 13.3. The van der Waals surface area contributed by atoms with Gasteiger partial charge in [0.15, 0.2) is 5.70 Å². The van der Waals surface area contributed by atoms with Crippen molar-refractivity contribution < 1.29 is 22.8 Å². The number of halogens is 3. The number of alkyl halides is 3. The first-order chi connectivity index (χ1) is 14.6. The number of nitriles is 1. The Bertz CT molecular complexity index is 1170. The number of hydrogen-bond donors (Lipinski definition) is 1. The lowest BCUT2D eigenvalue weighted by atomic mass is 9.78. The van der Waals surface area contributed by atoms with Gasteiger partial charge in [-0.1, -0.05) is 18.2 Å². The second-order valence-corrected chi connectivity index (χ2v) is 6.90. The van der Waals surface area contributed by atoms with E-state index in [2.05, 4.69) is 4.85 Å². The van der Waals surface area contributed by atoms with Crippen LogP contribution in [0.1, 0.15) is 29.5 Å². The van der Waals surface area contributed by atoms with Crippen molar-refractivity contribution in [3.05, 3.63) is 88.0 Å². The molecular weight excluding hydrogens is 409 g/mol. The zero-order valence-electron chi connectivity index (χ0n) is 16.1. The summed E-state index contributed by atoms with van der Waals surface area (Å²) in [5.41, 5.74) is 5.28. The maximum Gasteiger partial charge on any atom is 0.416 e. The summed E-state index contributed by atoms with van der Waals surface area (Å²) in [6, 6.07) is 12.0. The van der Waals surface area contributed by atoms with Gasteiger partial charge < -0.3 is 5.73 Å². The number of hydrogen-bond acceptors (Lipinski definition) is 3. The molecule has 2 aromatic carbocycles. The Balaban J connectivity index is 2.21. The molecule has 0 saturated carbocycles. The van der Waals surface area contributed by atoms with Crippen LogP contribution in [0.25, 0.3) is 4.85 Å². The third-order valence-corrected chi connectivity index (χ3v) is 5.08. The molecule has 2 aromatic rings. The first kappa shape index (κ1) is 21.6. The molecule has 1 heterocycles. The number of allylic oxidation sites excluding steroid dienone is 2. The molecule has 1 aliphatic rings. The van der Waals surface area contributed by atoms with E-state index in [9.17, 15) is 22.8 Å². The van der Waals surface area contributed by atoms with Gasteiger partial charge >= 0.3 is 6.18 Å². The van der Waals surface area contributed by atoms with Crippen LogP contribution in [0.3, 0.4) is 0 Å². The molecule has 0 spiro atoms. The zero-order valence-corrected chi connectivity index (χ0v) is 16.1. The van der Waals surface area contributed by atoms with Crippen molar-refractivity contribution >= 4 is 17.5 Å². The SMILES string of the molecule is [C-]#[N+]C1=C(C)N(c2cccc(C(F)(F)F)c2)C(=O)C(C(N)=O)C1c1ccc(C#N)cc1. The fourth-order valence-electron chi connectivity index (χ4n) is 3.64. The summed E-state index contributed by atoms with van der Waals surface area (Å²) in [6.45, 7) is 9.05. The van der Waals surface area contributed by atoms with Crippen LogP contribution in [0, 0.1) is 23.8 Å². The molecular formula is C22H15F3N4O2. The van der Waals surface area contributed by atoms with E-state index in [1.54, 1.807) is 0 Å². The molecule has 0 aromatic heterocycles. The summed E-state index contributed by atoms with van der Waals surface area (Å²) < 4.78 is 39.5. The minimum atomic E-state index is -4.64. The molecule has 31 heavy (non-hydrogen) atoms. The number of carbonyl (C=O) groups excluding carboxylic acids is 2. The van der Waals surface area contributed by atoms with Gasteiger partial charge in [0, 0.05) is 17.3 Å². The van der Waals surface area contributed by atoms with Crippen molar-refractivity contribution in [1.82, 2.24) is 0 Å². The number of nitrogens with zero attached hydrogens (tertiary/aromatic N) is 3. The molecule has 2 N–H and O–H groups in total. The Morgan fingerprint density at radius 3 is 2.39 bits per heavy atom. The Morgan fingerprint density at radius 2 is 1.87 bits per heavy atom. The van der Waals surface area contributed by atoms with Crippen LogP contribution in [0.2, 0.25) is 0 Å². The average molecular weight is 424 g/mol. The zero-order chi connectivity index (χ0) is 22.9. The highest BCUT2D eigenvalue weighted by Crippen LogP contribution is 2.43. The number of rotatable bonds is 3. The average Bonchev–Trinajstić information content (AvgIpc) is 2.73. The Labute approximate surface area is 175 Å². The highest BCUT2D eigenvalue weighted by molar-refractivity contribution is 6.11. The van der Waals surface area contributed by atoms with E-state index in [0.717, 1.165) is 23.1 Å². The van der Waals surface area contributed by atoms with Crippen molar-refractivity contribution in [3.8, 4) is 6.07 Å². The van der Waals surface area contributed by atoms with Gasteiger partial charge in [0.05, 0.1) is 23.8 Å². The standard InChI is InChI=1S/C22H15F3N4O2/c1-12-19(28-2)17(14-8-6-13(11-26)7-9-14)18(20(27)30)21(31)29(12)16-5-3-4-15(10-16)22(23,24)25/h3-10,17-18H,1H3,(H2,27,30). The third kappa shape index (κ3) is 3.86. The Kier molecular flexibility index (Phi) is 5.54. The lowest BCUT2D eigenvalue weighted by Crippen LogP contribution is -2.48. The number of carbonyl (C=O) groups is 2. The molecule has 2 atom stereocenters. The van der Waals surface area contributed by atoms with Crippen LogP contribution in [-0.2, 0) is 15.8 Å². The molecule has 0 saturated heterocycles. The number of amides is 2. The van der Waals surface area contributed by atoms with Crippen LogP contribution < -0.4 is 10.6 Å². The topological polar surface area (TPSA) is 91.5 Å². The highest BCUT2D eigenvalue weighted by Gasteiger charge is 2.46. The van der Waals surface area contributed by atoms with Crippen molar-refractivity contribution in [1.29, 1.82) is 5.26 Å². The quantitative estimate of drug-likeness (QED) is 0.597. The van der Waals surface area contributed by atoms with E-state index in [1.807, 2.05) is 6.07 Å². The fraction of sp³-hybridized carbons (Fsp3) is 0.182. The van der Waals surface area contributed by atoms with E-state index >= 15 is 0 Å². The predicted octanol–water partition coefficient (Wildman–Crippen LogP) is 3.96. The van der Waals surface area contributed by atoms with Crippen molar-refractivity contribution in [2.24, 2.45) is 11.7 Å². The number of primary amides is 1. The lowest BCUT2D eigenvalue weighted by Gasteiger charge is -2.37. The summed E-state index contributed by atoms with van der Waals surface area (Å²) in [5.74, 6) is -4.36. The molecule has 0 radical (unpaired) electrons. The molecule has 0 fully saturated rings. The van der Waals surface area contributed by atoms with Gasteiger partial charge in [0.25, 0.3) is 0 Å². The number of anilines is 1. The normalized spacial score (nSPS) is 19.0. The molecule has 2 amide bonds. The molecule has 9 heteroatoms. The van der Waals surface area contributed by atoms with Crippen LogP contribution >= 0.6 is 0 Å². The largest absolute Gasteiger partial charge is 0.416 e. The maximum atomic E-state index is 13.3. The predicted molar refractivity (Wildman–Crippen MR) is 105 cm³/mol. The van der Waals surface area contributed by atoms with E-state index < -0.39 is 35.4 Å². The summed E-state index contributed by atoms with van der Waals surface area (Å²) >= 11 is 0. The second kappa shape index (κ2) is 7.96. The van der Waals surface area contributed by atoms with Gasteiger partial charge in [-0.25, -0.2) is 4.85 Å². The van der Waals surface area contributed by atoms with E-state index in [1.165, 1.54) is 37.3 Å². The Hall–Kier alpha value is -4.11. The van der Waals surface area contributed by atoms with Crippen LogP contribution in [0.4, 0.5) is 18.9 Å².